The van der Waals surface area contributed by atoms with E-state index in [0.717, 1.165) is 5.56 Å². The Balaban J connectivity index is 2.03. The Morgan fingerprint density at radius 3 is 2.52 bits per heavy atom. The smallest absolute Gasteiger partial charge is 0.237 e. The molecule has 2 rings (SSSR count). The van der Waals surface area contributed by atoms with Crippen LogP contribution < -0.4 is 5.73 Å². The fraction of sp³-hybridized carbons (Fsp3) is 0.471. The second kappa shape index (κ2) is 7.26. The summed E-state index contributed by atoms with van der Waals surface area (Å²) in [6.07, 6.45) is 0.188. The van der Waals surface area contributed by atoms with Crippen molar-refractivity contribution in [3.05, 3.63) is 35.9 Å². The third-order valence-electron chi connectivity index (χ3n) is 4.01. The first kappa shape index (κ1) is 17.0. The molecule has 1 heterocycles. The van der Waals surface area contributed by atoms with E-state index in [1.165, 1.54) is 4.90 Å². The third kappa shape index (κ3) is 4.31. The molecule has 1 unspecified atom stereocenters. The first-order valence-corrected chi connectivity index (χ1v) is 7.79. The van der Waals surface area contributed by atoms with Crippen molar-refractivity contribution in [2.24, 2.45) is 11.7 Å². The number of likely N-dealkylation sites (tertiary alicyclic amines) is 1. The SMILES string of the molecule is CC(C)N(CC(N)=O)C(=O)C1CC(=O)N(Cc2ccccc2)C1. The summed E-state index contributed by atoms with van der Waals surface area (Å²) in [6, 6.07) is 9.54. The Morgan fingerprint density at radius 1 is 1.30 bits per heavy atom. The quantitative estimate of drug-likeness (QED) is 0.840. The molecular formula is C17H23N3O3. The number of carbonyl (C=O) groups excluding carboxylic acids is 3. The standard InChI is InChI=1S/C17H23N3O3/c1-12(2)20(11-15(18)21)17(23)14-8-16(22)19(10-14)9-13-6-4-3-5-7-13/h3-7,12,14H,8-11H2,1-2H3,(H2,18,21). The Morgan fingerprint density at radius 2 is 1.96 bits per heavy atom. The third-order valence-corrected chi connectivity index (χ3v) is 4.01. The van der Waals surface area contributed by atoms with Crippen molar-refractivity contribution in [2.75, 3.05) is 13.1 Å². The maximum Gasteiger partial charge on any atom is 0.237 e. The van der Waals surface area contributed by atoms with Gasteiger partial charge in [0.15, 0.2) is 0 Å². The van der Waals surface area contributed by atoms with Crippen LogP contribution in [0.15, 0.2) is 30.3 Å². The van der Waals surface area contributed by atoms with Gasteiger partial charge in [-0.05, 0) is 19.4 Å². The van der Waals surface area contributed by atoms with Crippen molar-refractivity contribution in [1.29, 1.82) is 0 Å². The number of rotatable bonds is 6. The van der Waals surface area contributed by atoms with Crippen LogP contribution in [-0.4, -0.2) is 46.7 Å². The Hall–Kier alpha value is -2.37. The largest absolute Gasteiger partial charge is 0.368 e. The molecule has 2 N–H and O–H groups in total. The van der Waals surface area contributed by atoms with E-state index in [1.54, 1.807) is 4.90 Å². The Labute approximate surface area is 136 Å². The van der Waals surface area contributed by atoms with Crippen LogP contribution in [0.1, 0.15) is 25.8 Å². The van der Waals surface area contributed by atoms with E-state index in [0.29, 0.717) is 13.1 Å². The molecule has 0 spiro atoms. The van der Waals surface area contributed by atoms with Crippen molar-refractivity contribution in [1.82, 2.24) is 9.80 Å². The zero-order valence-electron chi connectivity index (χ0n) is 13.6. The van der Waals surface area contributed by atoms with Gasteiger partial charge in [-0.15, -0.1) is 0 Å². The molecular weight excluding hydrogens is 294 g/mol. The summed E-state index contributed by atoms with van der Waals surface area (Å²) in [6.45, 7) is 4.44. The number of hydrogen-bond donors (Lipinski definition) is 1. The minimum Gasteiger partial charge on any atom is -0.368 e. The van der Waals surface area contributed by atoms with Crippen molar-refractivity contribution >= 4 is 17.7 Å². The molecule has 0 radical (unpaired) electrons. The summed E-state index contributed by atoms with van der Waals surface area (Å²) < 4.78 is 0. The number of nitrogens with two attached hydrogens (primary N) is 1. The first-order valence-electron chi connectivity index (χ1n) is 7.79. The predicted octanol–water partition coefficient (Wildman–Crippen LogP) is 0.757. The van der Waals surface area contributed by atoms with Gasteiger partial charge in [-0.2, -0.15) is 0 Å². The fourth-order valence-corrected chi connectivity index (χ4v) is 2.81. The molecule has 0 bridgehead atoms. The maximum atomic E-state index is 12.6. The molecule has 1 aromatic carbocycles. The van der Waals surface area contributed by atoms with E-state index in [2.05, 4.69) is 0 Å². The molecule has 6 nitrogen and oxygen atoms in total. The van der Waals surface area contributed by atoms with Gasteiger partial charge in [0.2, 0.25) is 17.7 Å². The normalized spacial score (nSPS) is 17.6. The second-order valence-electron chi connectivity index (χ2n) is 6.19. The van der Waals surface area contributed by atoms with E-state index in [9.17, 15) is 14.4 Å². The Bertz CT molecular complexity index is 586. The predicted molar refractivity (Wildman–Crippen MR) is 86.0 cm³/mol. The molecule has 1 aliphatic heterocycles. The molecule has 3 amide bonds. The average Bonchev–Trinajstić information content (AvgIpc) is 2.86. The molecule has 23 heavy (non-hydrogen) atoms. The van der Waals surface area contributed by atoms with Crippen LogP contribution in [-0.2, 0) is 20.9 Å². The van der Waals surface area contributed by atoms with Gasteiger partial charge in [0, 0.05) is 25.6 Å². The summed E-state index contributed by atoms with van der Waals surface area (Å²) in [5, 5.41) is 0. The second-order valence-corrected chi connectivity index (χ2v) is 6.19. The van der Waals surface area contributed by atoms with Gasteiger partial charge >= 0.3 is 0 Å². The molecule has 1 atom stereocenters. The van der Waals surface area contributed by atoms with Crippen molar-refractivity contribution in [3.8, 4) is 0 Å². The lowest BCUT2D eigenvalue weighted by molar-refractivity contribution is -0.140. The van der Waals surface area contributed by atoms with E-state index >= 15 is 0 Å². The van der Waals surface area contributed by atoms with Gasteiger partial charge in [-0.1, -0.05) is 30.3 Å². The van der Waals surface area contributed by atoms with E-state index in [-0.39, 0.29) is 30.8 Å². The van der Waals surface area contributed by atoms with E-state index in [4.69, 9.17) is 5.73 Å². The van der Waals surface area contributed by atoms with Crippen molar-refractivity contribution in [3.63, 3.8) is 0 Å². The summed E-state index contributed by atoms with van der Waals surface area (Å²) >= 11 is 0. The number of primary amides is 1. The van der Waals surface area contributed by atoms with Crippen LogP contribution in [0.5, 0.6) is 0 Å². The van der Waals surface area contributed by atoms with Crippen LogP contribution >= 0.6 is 0 Å². The lowest BCUT2D eigenvalue weighted by atomic mass is 10.1. The molecule has 1 aromatic rings. The fourth-order valence-electron chi connectivity index (χ4n) is 2.81. The van der Waals surface area contributed by atoms with Crippen LogP contribution in [0.3, 0.4) is 0 Å². The molecule has 0 aromatic heterocycles. The summed E-state index contributed by atoms with van der Waals surface area (Å²) in [4.78, 5) is 39.1. The zero-order valence-corrected chi connectivity index (χ0v) is 13.6. The van der Waals surface area contributed by atoms with Crippen LogP contribution in [0.4, 0.5) is 0 Å². The molecule has 0 aliphatic carbocycles. The maximum absolute atomic E-state index is 12.6. The number of nitrogens with zero attached hydrogens (tertiary/aromatic N) is 2. The topological polar surface area (TPSA) is 83.7 Å². The lowest BCUT2D eigenvalue weighted by Crippen LogP contribution is -2.46. The van der Waals surface area contributed by atoms with Crippen molar-refractivity contribution in [2.45, 2.75) is 32.9 Å². The molecule has 1 aliphatic rings. The number of hydrogen-bond acceptors (Lipinski definition) is 3. The lowest BCUT2D eigenvalue weighted by Gasteiger charge is -2.28. The molecule has 6 heteroatoms. The highest BCUT2D eigenvalue weighted by Crippen LogP contribution is 2.23. The zero-order chi connectivity index (χ0) is 17.0. The van der Waals surface area contributed by atoms with Crippen molar-refractivity contribution < 1.29 is 14.4 Å². The van der Waals surface area contributed by atoms with Crippen LogP contribution in [0.25, 0.3) is 0 Å². The monoisotopic (exact) mass is 317 g/mol. The van der Waals surface area contributed by atoms with E-state index in [1.807, 2.05) is 44.2 Å². The van der Waals surface area contributed by atoms with Gasteiger partial charge in [0.05, 0.1) is 12.5 Å². The summed E-state index contributed by atoms with van der Waals surface area (Å²) in [5.74, 6) is -1.16. The average molecular weight is 317 g/mol. The van der Waals surface area contributed by atoms with Crippen LogP contribution in [0.2, 0.25) is 0 Å². The van der Waals surface area contributed by atoms with Gasteiger partial charge < -0.3 is 15.5 Å². The van der Waals surface area contributed by atoms with Crippen LogP contribution in [0, 0.1) is 5.92 Å². The molecule has 1 saturated heterocycles. The number of amides is 3. The summed E-state index contributed by atoms with van der Waals surface area (Å²) in [5.41, 5.74) is 6.25. The minimum absolute atomic E-state index is 0.0324. The highest BCUT2D eigenvalue weighted by atomic mass is 16.2. The molecule has 1 fully saturated rings. The molecule has 0 saturated carbocycles. The minimum atomic E-state index is -0.544. The van der Waals surface area contributed by atoms with Gasteiger partial charge in [0.25, 0.3) is 0 Å². The van der Waals surface area contributed by atoms with Gasteiger partial charge in [-0.3, -0.25) is 14.4 Å². The van der Waals surface area contributed by atoms with Gasteiger partial charge in [0.1, 0.15) is 0 Å². The molecule has 124 valence electrons. The number of carbonyl (C=O) groups is 3. The van der Waals surface area contributed by atoms with E-state index < -0.39 is 11.8 Å². The Kier molecular flexibility index (Phi) is 5.36. The highest BCUT2D eigenvalue weighted by Gasteiger charge is 2.37. The highest BCUT2D eigenvalue weighted by molar-refractivity contribution is 5.91. The van der Waals surface area contributed by atoms with Gasteiger partial charge in [-0.25, -0.2) is 0 Å². The number of benzene rings is 1. The first-order chi connectivity index (χ1) is 10.9. The summed E-state index contributed by atoms with van der Waals surface area (Å²) in [7, 11) is 0.